The highest BCUT2D eigenvalue weighted by atomic mass is 32.2. The average Bonchev–Trinajstić information content (AvgIpc) is 2.72. The smallest absolute Gasteiger partial charge is 0.254 e. The van der Waals surface area contributed by atoms with Gasteiger partial charge in [0, 0.05) is 18.2 Å². The summed E-state index contributed by atoms with van der Waals surface area (Å²) < 4.78 is 35.9. The van der Waals surface area contributed by atoms with E-state index in [0.29, 0.717) is 6.54 Å². The maximum atomic E-state index is 13.4. The van der Waals surface area contributed by atoms with Gasteiger partial charge in [0.05, 0.1) is 4.90 Å². The fourth-order valence-corrected chi connectivity index (χ4v) is 2.82. The van der Waals surface area contributed by atoms with Crippen LogP contribution in [0.1, 0.15) is 30.1 Å². The fraction of sp³-hybridized carbons (Fsp3) is 0.417. The van der Waals surface area contributed by atoms with Gasteiger partial charge in [-0.05, 0) is 38.0 Å². The lowest BCUT2D eigenvalue weighted by atomic mass is 10.2. The maximum absolute atomic E-state index is 13.4. The Morgan fingerprint density at radius 2 is 2.11 bits per heavy atom. The summed E-state index contributed by atoms with van der Waals surface area (Å²) in [5.41, 5.74) is 0.0118. The summed E-state index contributed by atoms with van der Waals surface area (Å²) in [6.07, 6.45) is 1.79. The van der Waals surface area contributed by atoms with Crippen molar-refractivity contribution in [3.8, 4) is 0 Å². The van der Waals surface area contributed by atoms with Gasteiger partial charge in [-0.15, -0.1) is 0 Å². The molecule has 0 saturated carbocycles. The van der Waals surface area contributed by atoms with Crippen molar-refractivity contribution in [3.05, 3.63) is 29.6 Å². The highest BCUT2D eigenvalue weighted by Crippen LogP contribution is 2.21. The highest BCUT2D eigenvalue weighted by Gasteiger charge is 2.27. The summed E-state index contributed by atoms with van der Waals surface area (Å²) in [7, 11) is -4.03. The molecule has 0 aliphatic carbocycles. The van der Waals surface area contributed by atoms with Crippen LogP contribution in [-0.4, -0.2) is 31.8 Å². The second kappa shape index (κ2) is 4.90. The summed E-state index contributed by atoms with van der Waals surface area (Å²) in [6.45, 7) is 2.51. The summed E-state index contributed by atoms with van der Waals surface area (Å²) in [5.74, 6) is -1.16. The van der Waals surface area contributed by atoms with Gasteiger partial charge >= 0.3 is 0 Å². The first kappa shape index (κ1) is 14.0. The van der Waals surface area contributed by atoms with Crippen LogP contribution >= 0.6 is 0 Å². The Morgan fingerprint density at radius 1 is 1.42 bits per heavy atom. The van der Waals surface area contributed by atoms with Gasteiger partial charge in [-0.2, -0.15) is 0 Å². The number of benzene rings is 1. The van der Waals surface area contributed by atoms with Crippen LogP contribution in [0.2, 0.25) is 0 Å². The zero-order chi connectivity index (χ0) is 14.2. The van der Waals surface area contributed by atoms with Crippen molar-refractivity contribution in [1.82, 2.24) is 4.90 Å². The highest BCUT2D eigenvalue weighted by molar-refractivity contribution is 7.89. The Balaban J connectivity index is 2.40. The van der Waals surface area contributed by atoms with Gasteiger partial charge in [-0.25, -0.2) is 17.9 Å². The van der Waals surface area contributed by atoms with E-state index in [1.807, 2.05) is 6.92 Å². The van der Waals surface area contributed by atoms with Crippen LogP contribution < -0.4 is 5.14 Å². The van der Waals surface area contributed by atoms with Crippen molar-refractivity contribution in [2.45, 2.75) is 30.7 Å². The summed E-state index contributed by atoms with van der Waals surface area (Å²) in [5, 5.41) is 4.96. The number of likely N-dealkylation sites (tertiary alicyclic amines) is 1. The quantitative estimate of drug-likeness (QED) is 0.884. The molecule has 1 heterocycles. The average molecular weight is 286 g/mol. The van der Waals surface area contributed by atoms with Crippen LogP contribution in [0, 0.1) is 5.82 Å². The molecule has 2 N–H and O–H groups in total. The van der Waals surface area contributed by atoms with E-state index in [9.17, 15) is 17.6 Å². The Bertz CT molecular complexity index is 615. The molecular weight excluding hydrogens is 271 g/mol. The Kier molecular flexibility index (Phi) is 3.60. The second-order valence-electron chi connectivity index (χ2n) is 4.71. The third-order valence-electron chi connectivity index (χ3n) is 3.26. The third kappa shape index (κ3) is 2.93. The molecule has 19 heavy (non-hydrogen) atoms. The van der Waals surface area contributed by atoms with E-state index in [4.69, 9.17) is 5.14 Å². The number of nitrogens with zero attached hydrogens (tertiary/aromatic N) is 1. The molecule has 0 spiro atoms. The molecule has 1 aliphatic heterocycles. The molecule has 1 aromatic rings. The number of nitrogens with two attached hydrogens (primary N) is 1. The lowest BCUT2D eigenvalue weighted by Gasteiger charge is -2.21. The molecule has 0 radical (unpaired) electrons. The van der Waals surface area contributed by atoms with Gasteiger partial charge in [-0.1, -0.05) is 0 Å². The van der Waals surface area contributed by atoms with Crippen molar-refractivity contribution in [2.75, 3.05) is 6.54 Å². The van der Waals surface area contributed by atoms with Crippen molar-refractivity contribution < 1.29 is 17.6 Å². The number of hydrogen-bond donors (Lipinski definition) is 1. The Hall–Kier alpha value is -1.47. The minimum atomic E-state index is -4.03. The van der Waals surface area contributed by atoms with Gasteiger partial charge in [-0.3, -0.25) is 4.79 Å². The zero-order valence-corrected chi connectivity index (χ0v) is 11.3. The molecule has 1 saturated heterocycles. The number of halogens is 1. The fourth-order valence-electron chi connectivity index (χ4n) is 2.25. The lowest BCUT2D eigenvalue weighted by molar-refractivity contribution is 0.0746. The van der Waals surface area contributed by atoms with E-state index in [1.165, 1.54) is 0 Å². The second-order valence-corrected chi connectivity index (χ2v) is 6.27. The number of hydrogen-bond acceptors (Lipinski definition) is 3. The number of sulfonamides is 1. The van der Waals surface area contributed by atoms with E-state index in [-0.39, 0.29) is 22.4 Å². The van der Waals surface area contributed by atoms with E-state index in [0.717, 1.165) is 31.0 Å². The monoisotopic (exact) mass is 286 g/mol. The summed E-state index contributed by atoms with van der Waals surface area (Å²) in [4.78, 5) is 13.4. The molecule has 104 valence electrons. The number of amides is 1. The van der Waals surface area contributed by atoms with Crippen LogP contribution in [0.5, 0.6) is 0 Å². The van der Waals surface area contributed by atoms with Crippen LogP contribution in [0.25, 0.3) is 0 Å². The largest absolute Gasteiger partial charge is 0.336 e. The molecule has 0 bridgehead atoms. The van der Waals surface area contributed by atoms with Crippen molar-refractivity contribution in [3.63, 3.8) is 0 Å². The third-order valence-corrected chi connectivity index (χ3v) is 4.15. The van der Waals surface area contributed by atoms with Crippen molar-refractivity contribution >= 4 is 15.9 Å². The standard InChI is InChI=1S/C12H15FN2O3S/c1-8-3-2-4-15(8)12(16)9-5-10(13)7-11(6-9)19(14,17)18/h5-8H,2-4H2,1H3,(H2,14,17,18). The molecule has 5 nitrogen and oxygen atoms in total. The number of rotatable bonds is 2. The Labute approximate surface area is 111 Å². The first-order chi connectivity index (χ1) is 8.79. The number of carbonyl (C=O) groups is 1. The predicted molar refractivity (Wildman–Crippen MR) is 67.5 cm³/mol. The van der Waals surface area contributed by atoms with Gasteiger partial charge < -0.3 is 4.90 Å². The van der Waals surface area contributed by atoms with Gasteiger partial charge in [0.1, 0.15) is 5.82 Å². The van der Waals surface area contributed by atoms with Crippen molar-refractivity contribution in [2.24, 2.45) is 5.14 Å². The normalized spacial score (nSPS) is 19.7. The molecule has 1 fully saturated rings. The molecule has 0 aromatic heterocycles. The van der Waals surface area contributed by atoms with Crippen LogP contribution in [0.4, 0.5) is 4.39 Å². The summed E-state index contributed by atoms with van der Waals surface area (Å²) >= 11 is 0. The van der Waals surface area contributed by atoms with E-state index in [1.54, 1.807) is 4.90 Å². The molecule has 1 amide bonds. The zero-order valence-electron chi connectivity index (χ0n) is 10.5. The van der Waals surface area contributed by atoms with Crippen molar-refractivity contribution in [1.29, 1.82) is 0 Å². The first-order valence-electron chi connectivity index (χ1n) is 5.93. The predicted octanol–water partition coefficient (Wildman–Crippen LogP) is 1.10. The van der Waals surface area contributed by atoms with Crippen LogP contribution in [0.3, 0.4) is 0 Å². The molecule has 1 atom stereocenters. The van der Waals surface area contributed by atoms with E-state index >= 15 is 0 Å². The van der Waals surface area contributed by atoms with Gasteiger partial charge in [0.25, 0.3) is 5.91 Å². The number of primary sulfonamides is 1. The summed E-state index contributed by atoms with van der Waals surface area (Å²) in [6, 6.07) is 3.03. The molecule has 1 aliphatic rings. The molecule has 1 unspecified atom stereocenters. The lowest BCUT2D eigenvalue weighted by Crippen LogP contribution is -2.33. The molecule has 7 heteroatoms. The number of carbonyl (C=O) groups excluding carboxylic acids is 1. The minimum Gasteiger partial charge on any atom is -0.336 e. The topological polar surface area (TPSA) is 80.5 Å². The SMILES string of the molecule is CC1CCCN1C(=O)c1cc(F)cc(S(N)(=O)=O)c1. The Morgan fingerprint density at radius 3 is 2.63 bits per heavy atom. The van der Waals surface area contributed by atoms with Crippen LogP contribution in [-0.2, 0) is 10.0 Å². The van der Waals surface area contributed by atoms with Gasteiger partial charge in [0.2, 0.25) is 10.0 Å². The maximum Gasteiger partial charge on any atom is 0.254 e. The first-order valence-corrected chi connectivity index (χ1v) is 7.48. The van der Waals surface area contributed by atoms with E-state index < -0.39 is 15.8 Å². The van der Waals surface area contributed by atoms with Crippen LogP contribution in [0.15, 0.2) is 23.1 Å². The van der Waals surface area contributed by atoms with E-state index in [2.05, 4.69) is 0 Å². The minimum absolute atomic E-state index is 0.0118. The molecule has 2 rings (SSSR count). The molecule has 1 aromatic carbocycles. The molecular formula is C12H15FN2O3S. The van der Waals surface area contributed by atoms with Gasteiger partial charge in [0.15, 0.2) is 0 Å².